The van der Waals surface area contributed by atoms with E-state index in [9.17, 15) is 18.0 Å². The number of ether oxygens (including phenoxy) is 1. The molecular formula is C14H14F3NO2. The highest BCUT2D eigenvalue weighted by molar-refractivity contribution is 5.80. The smallest absolute Gasteiger partial charge is 0.416 e. The molecule has 0 heterocycles. The number of esters is 1. The van der Waals surface area contributed by atoms with Crippen LogP contribution in [0.15, 0.2) is 24.3 Å². The Morgan fingerprint density at radius 1 is 1.30 bits per heavy atom. The van der Waals surface area contributed by atoms with E-state index < -0.39 is 23.1 Å². The molecule has 0 aromatic heterocycles. The maximum Gasteiger partial charge on any atom is 0.416 e. The molecule has 0 N–H and O–H groups in total. The van der Waals surface area contributed by atoms with Crippen LogP contribution in [0.2, 0.25) is 0 Å². The Hall–Kier alpha value is -2.03. The first-order chi connectivity index (χ1) is 9.23. The number of hydrogen-bond acceptors (Lipinski definition) is 3. The molecule has 1 aromatic rings. The van der Waals surface area contributed by atoms with Crippen LogP contribution >= 0.6 is 0 Å². The van der Waals surface area contributed by atoms with Gasteiger partial charge < -0.3 is 4.74 Å². The van der Waals surface area contributed by atoms with Crippen molar-refractivity contribution in [3.05, 3.63) is 35.4 Å². The maximum atomic E-state index is 12.4. The van der Waals surface area contributed by atoms with E-state index in [1.807, 2.05) is 6.07 Å². The Morgan fingerprint density at radius 2 is 1.85 bits per heavy atom. The van der Waals surface area contributed by atoms with Crippen LogP contribution in [-0.2, 0) is 22.1 Å². The highest BCUT2D eigenvalue weighted by atomic mass is 19.4. The van der Waals surface area contributed by atoms with Crippen LogP contribution < -0.4 is 0 Å². The van der Waals surface area contributed by atoms with E-state index in [1.165, 1.54) is 19.1 Å². The highest BCUT2D eigenvalue weighted by Crippen LogP contribution is 2.30. The molecule has 0 saturated carbocycles. The second-order valence-electron chi connectivity index (χ2n) is 4.54. The molecule has 6 heteroatoms. The van der Waals surface area contributed by atoms with Crippen molar-refractivity contribution in [3.8, 4) is 6.07 Å². The largest absolute Gasteiger partial charge is 0.465 e. The van der Waals surface area contributed by atoms with E-state index >= 15 is 0 Å². The molecule has 0 amide bonds. The minimum absolute atomic E-state index is 0.000467. The highest BCUT2D eigenvalue weighted by Gasteiger charge is 2.36. The van der Waals surface area contributed by atoms with Gasteiger partial charge in [-0.15, -0.1) is 0 Å². The molecule has 1 aromatic carbocycles. The van der Waals surface area contributed by atoms with Gasteiger partial charge in [-0.05, 0) is 31.5 Å². The second kappa shape index (κ2) is 5.95. The third-order valence-corrected chi connectivity index (χ3v) is 2.81. The zero-order chi connectivity index (χ0) is 15.4. The van der Waals surface area contributed by atoms with Crippen LogP contribution in [0.25, 0.3) is 0 Å². The third kappa shape index (κ3) is 3.73. The first-order valence-electron chi connectivity index (χ1n) is 5.97. The molecule has 20 heavy (non-hydrogen) atoms. The lowest BCUT2D eigenvalue weighted by Gasteiger charge is -2.19. The van der Waals surface area contributed by atoms with E-state index in [0.29, 0.717) is 5.56 Å². The van der Waals surface area contributed by atoms with Crippen LogP contribution in [0.4, 0.5) is 13.2 Å². The van der Waals surface area contributed by atoms with Gasteiger partial charge in [0.05, 0.1) is 18.2 Å². The van der Waals surface area contributed by atoms with E-state index in [2.05, 4.69) is 0 Å². The van der Waals surface area contributed by atoms with Crippen LogP contribution in [0.5, 0.6) is 0 Å². The summed E-state index contributed by atoms with van der Waals surface area (Å²) in [6.45, 7) is 3.17. The second-order valence-corrected chi connectivity index (χ2v) is 4.54. The predicted octanol–water partition coefficient (Wildman–Crippen LogP) is 3.34. The summed E-state index contributed by atoms with van der Waals surface area (Å²) in [5, 5.41) is 9.10. The average Bonchev–Trinajstić information content (AvgIpc) is 2.38. The van der Waals surface area contributed by atoms with Crippen LogP contribution in [0.1, 0.15) is 25.0 Å². The van der Waals surface area contributed by atoms with Gasteiger partial charge >= 0.3 is 12.1 Å². The standard InChI is InChI=1S/C14H14F3NO2/c1-3-20-12(19)13(2,9-18)8-10-4-6-11(7-5-10)14(15,16)17/h4-7H,3,8H2,1-2H3. The molecule has 0 aliphatic carbocycles. The molecule has 1 unspecified atom stereocenters. The number of carbonyl (C=O) groups is 1. The van der Waals surface area contributed by atoms with Gasteiger partial charge in [0.2, 0.25) is 0 Å². The fourth-order valence-corrected chi connectivity index (χ4v) is 1.67. The van der Waals surface area contributed by atoms with Crippen molar-refractivity contribution in [2.75, 3.05) is 6.61 Å². The molecule has 1 atom stereocenters. The van der Waals surface area contributed by atoms with Crippen LogP contribution in [-0.4, -0.2) is 12.6 Å². The van der Waals surface area contributed by atoms with Gasteiger partial charge in [0.1, 0.15) is 0 Å². The number of carbonyl (C=O) groups excluding carboxylic acids is 1. The summed E-state index contributed by atoms with van der Waals surface area (Å²) in [4.78, 5) is 11.7. The van der Waals surface area contributed by atoms with Gasteiger partial charge in [-0.25, -0.2) is 0 Å². The molecule has 0 radical (unpaired) electrons. The Kier molecular flexibility index (Phi) is 4.77. The van der Waals surface area contributed by atoms with Crippen molar-refractivity contribution in [3.63, 3.8) is 0 Å². The van der Waals surface area contributed by atoms with Crippen molar-refractivity contribution in [1.29, 1.82) is 5.26 Å². The molecule has 0 fully saturated rings. The zero-order valence-corrected chi connectivity index (χ0v) is 11.1. The minimum atomic E-state index is -4.40. The van der Waals surface area contributed by atoms with E-state index in [4.69, 9.17) is 10.00 Å². The van der Waals surface area contributed by atoms with E-state index in [0.717, 1.165) is 12.1 Å². The molecule has 3 nitrogen and oxygen atoms in total. The first-order valence-corrected chi connectivity index (χ1v) is 5.97. The van der Waals surface area contributed by atoms with Gasteiger partial charge in [0, 0.05) is 6.42 Å². The summed E-state index contributed by atoms with van der Waals surface area (Å²) in [5.41, 5.74) is -1.71. The molecule has 0 aliphatic rings. The number of halogens is 3. The lowest BCUT2D eigenvalue weighted by molar-refractivity contribution is -0.151. The number of benzene rings is 1. The summed E-state index contributed by atoms with van der Waals surface area (Å²) in [5.74, 6) is -0.678. The van der Waals surface area contributed by atoms with Crippen molar-refractivity contribution in [2.45, 2.75) is 26.4 Å². The maximum absolute atomic E-state index is 12.4. The number of rotatable bonds is 4. The third-order valence-electron chi connectivity index (χ3n) is 2.81. The summed E-state index contributed by atoms with van der Waals surface area (Å²) < 4.78 is 42.1. The Morgan fingerprint density at radius 3 is 2.25 bits per heavy atom. The average molecular weight is 285 g/mol. The van der Waals surface area contributed by atoms with Crippen molar-refractivity contribution < 1.29 is 22.7 Å². The topological polar surface area (TPSA) is 50.1 Å². The molecule has 0 saturated heterocycles. The molecule has 0 aliphatic heterocycles. The fourth-order valence-electron chi connectivity index (χ4n) is 1.67. The predicted molar refractivity (Wildman–Crippen MR) is 65.5 cm³/mol. The summed E-state index contributed by atoms with van der Waals surface area (Å²) in [6.07, 6.45) is -4.40. The van der Waals surface area contributed by atoms with Crippen molar-refractivity contribution in [2.24, 2.45) is 5.41 Å². The minimum Gasteiger partial charge on any atom is -0.465 e. The number of hydrogen-bond donors (Lipinski definition) is 0. The molecule has 1 rings (SSSR count). The fraction of sp³-hybridized carbons (Fsp3) is 0.429. The van der Waals surface area contributed by atoms with E-state index in [-0.39, 0.29) is 13.0 Å². The molecule has 0 bridgehead atoms. The molecule has 108 valence electrons. The van der Waals surface area contributed by atoms with E-state index in [1.54, 1.807) is 6.92 Å². The Bertz CT molecular complexity index is 517. The summed E-state index contributed by atoms with van der Waals surface area (Å²) >= 11 is 0. The van der Waals surface area contributed by atoms with Crippen LogP contribution in [0.3, 0.4) is 0 Å². The summed E-state index contributed by atoms with van der Waals surface area (Å²) in [6, 6.07) is 6.24. The number of nitriles is 1. The van der Waals surface area contributed by atoms with Gasteiger partial charge in [-0.2, -0.15) is 18.4 Å². The van der Waals surface area contributed by atoms with Gasteiger partial charge in [-0.1, -0.05) is 12.1 Å². The monoisotopic (exact) mass is 285 g/mol. The lowest BCUT2D eigenvalue weighted by atomic mass is 9.85. The van der Waals surface area contributed by atoms with Crippen LogP contribution in [0, 0.1) is 16.7 Å². The van der Waals surface area contributed by atoms with Crippen molar-refractivity contribution >= 4 is 5.97 Å². The normalized spacial score (nSPS) is 14.2. The van der Waals surface area contributed by atoms with Gasteiger partial charge in [0.25, 0.3) is 0 Å². The summed E-state index contributed by atoms with van der Waals surface area (Å²) in [7, 11) is 0. The zero-order valence-electron chi connectivity index (χ0n) is 11.1. The SMILES string of the molecule is CCOC(=O)C(C)(C#N)Cc1ccc(C(F)(F)F)cc1. The first kappa shape index (κ1) is 16.0. The Balaban J connectivity index is 2.92. The van der Waals surface area contributed by atoms with Crippen molar-refractivity contribution in [1.82, 2.24) is 0 Å². The van der Waals surface area contributed by atoms with Gasteiger partial charge in [0.15, 0.2) is 5.41 Å². The molecular weight excluding hydrogens is 271 g/mol. The lowest BCUT2D eigenvalue weighted by Crippen LogP contribution is -2.30. The number of nitrogens with zero attached hydrogens (tertiary/aromatic N) is 1. The number of alkyl halides is 3. The van der Waals surface area contributed by atoms with Gasteiger partial charge in [-0.3, -0.25) is 4.79 Å². The molecule has 0 spiro atoms. The Labute approximate surface area is 115 Å². The quantitative estimate of drug-likeness (QED) is 0.797.